The summed E-state index contributed by atoms with van der Waals surface area (Å²) in [6.07, 6.45) is 4.26. The van der Waals surface area contributed by atoms with Crippen molar-refractivity contribution in [2.75, 3.05) is 31.2 Å². The molecule has 7 rings (SSSR count). The second kappa shape index (κ2) is 7.38. The van der Waals surface area contributed by atoms with Crippen LogP contribution in [0.3, 0.4) is 0 Å². The van der Waals surface area contributed by atoms with E-state index in [9.17, 15) is 0 Å². The van der Waals surface area contributed by atoms with Crippen molar-refractivity contribution >= 4 is 27.9 Å². The lowest BCUT2D eigenvalue weighted by Gasteiger charge is -2.27. The van der Waals surface area contributed by atoms with E-state index in [1.165, 1.54) is 0 Å². The monoisotopic (exact) mass is 437 g/mol. The number of aromatic nitrogens is 6. The highest BCUT2D eigenvalue weighted by molar-refractivity contribution is 5.93. The van der Waals surface area contributed by atoms with Crippen LogP contribution in [-0.4, -0.2) is 55.8 Å². The first-order valence-corrected chi connectivity index (χ1v) is 11.5. The molecule has 2 fully saturated rings. The number of rotatable bonds is 4. The average molecular weight is 438 g/mol. The molecule has 1 aliphatic carbocycles. The van der Waals surface area contributed by atoms with Crippen molar-refractivity contribution in [1.29, 1.82) is 0 Å². The minimum Gasteiger partial charge on any atom is -0.378 e. The number of morpholine rings is 1. The Kier molecular flexibility index (Phi) is 4.20. The number of fused-ring (bicyclic) bond motifs is 2. The molecule has 8 nitrogen and oxygen atoms in total. The lowest BCUT2D eigenvalue weighted by Crippen LogP contribution is -2.37. The lowest BCUT2D eigenvalue weighted by molar-refractivity contribution is 0.122. The van der Waals surface area contributed by atoms with Gasteiger partial charge in [-0.05, 0) is 37.1 Å². The molecular formula is C25H23N7O. The fourth-order valence-corrected chi connectivity index (χ4v) is 4.63. The number of ether oxygens (including phenoxy) is 1. The molecule has 0 bridgehead atoms. The maximum atomic E-state index is 5.57. The predicted molar refractivity (Wildman–Crippen MR) is 127 cm³/mol. The summed E-state index contributed by atoms with van der Waals surface area (Å²) in [7, 11) is 0. The highest BCUT2D eigenvalue weighted by atomic mass is 16.5. The molecule has 1 saturated carbocycles. The SMILES string of the molecule is c1ccc2c(c1)nc(C1CC1)n2-c1nc(-c2cccc3[nH]ccc23)nc(N2CCOCC2)n1. The zero-order valence-corrected chi connectivity index (χ0v) is 18.1. The largest absolute Gasteiger partial charge is 0.378 e. The molecular weight excluding hydrogens is 414 g/mol. The van der Waals surface area contributed by atoms with Gasteiger partial charge >= 0.3 is 0 Å². The molecule has 1 aliphatic heterocycles. The Morgan fingerprint density at radius 1 is 0.848 bits per heavy atom. The van der Waals surface area contributed by atoms with Gasteiger partial charge in [0.2, 0.25) is 11.9 Å². The summed E-state index contributed by atoms with van der Waals surface area (Å²) in [6, 6.07) is 16.5. The average Bonchev–Trinajstić information content (AvgIpc) is 3.47. The molecule has 8 heteroatoms. The number of H-pyrrole nitrogens is 1. The number of hydrogen-bond acceptors (Lipinski definition) is 6. The van der Waals surface area contributed by atoms with Gasteiger partial charge < -0.3 is 14.6 Å². The van der Waals surface area contributed by atoms with Crippen molar-refractivity contribution in [2.24, 2.45) is 0 Å². The minimum atomic E-state index is 0.456. The molecule has 0 spiro atoms. The summed E-state index contributed by atoms with van der Waals surface area (Å²) in [5.74, 6) is 3.49. The van der Waals surface area contributed by atoms with Crippen LogP contribution in [0, 0.1) is 0 Å². The molecule has 33 heavy (non-hydrogen) atoms. The predicted octanol–water partition coefficient (Wildman–Crippen LogP) is 4.07. The Labute approximate surface area is 190 Å². The van der Waals surface area contributed by atoms with Crippen LogP contribution < -0.4 is 4.90 Å². The molecule has 0 amide bonds. The first kappa shape index (κ1) is 18.8. The van der Waals surface area contributed by atoms with Gasteiger partial charge in [-0.1, -0.05) is 24.3 Å². The van der Waals surface area contributed by atoms with Gasteiger partial charge in [0.15, 0.2) is 5.82 Å². The van der Waals surface area contributed by atoms with Crippen molar-refractivity contribution in [3.63, 3.8) is 0 Å². The molecule has 3 aromatic heterocycles. The van der Waals surface area contributed by atoms with Gasteiger partial charge in [0.1, 0.15) is 5.82 Å². The minimum absolute atomic E-state index is 0.456. The zero-order chi connectivity index (χ0) is 21.8. The molecule has 1 saturated heterocycles. The van der Waals surface area contributed by atoms with Gasteiger partial charge in [-0.3, -0.25) is 4.57 Å². The fraction of sp³-hybridized carbons (Fsp3) is 0.280. The molecule has 0 unspecified atom stereocenters. The van der Waals surface area contributed by atoms with Crippen LogP contribution in [0.1, 0.15) is 24.6 Å². The van der Waals surface area contributed by atoms with Crippen LogP contribution in [-0.2, 0) is 4.74 Å². The van der Waals surface area contributed by atoms with Crippen LogP contribution in [0.25, 0.3) is 39.3 Å². The smallest absolute Gasteiger partial charge is 0.241 e. The molecule has 0 atom stereocenters. The van der Waals surface area contributed by atoms with Crippen molar-refractivity contribution < 1.29 is 4.74 Å². The Morgan fingerprint density at radius 2 is 1.70 bits per heavy atom. The Balaban J connectivity index is 1.48. The molecule has 2 aliphatic rings. The second-order valence-electron chi connectivity index (χ2n) is 8.67. The molecule has 2 aromatic carbocycles. The second-order valence-corrected chi connectivity index (χ2v) is 8.67. The van der Waals surface area contributed by atoms with Crippen molar-refractivity contribution in [3.8, 4) is 17.3 Å². The van der Waals surface area contributed by atoms with Gasteiger partial charge in [0, 0.05) is 41.7 Å². The van der Waals surface area contributed by atoms with E-state index in [-0.39, 0.29) is 0 Å². The van der Waals surface area contributed by atoms with E-state index < -0.39 is 0 Å². The summed E-state index contributed by atoms with van der Waals surface area (Å²) in [5.41, 5.74) is 4.06. The first-order valence-electron chi connectivity index (χ1n) is 11.5. The van der Waals surface area contributed by atoms with E-state index in [4.69, 9.17) is 24.7 Å². The van der Waals surface area contributed by atoms with Crippen LogP contribution in [0.5, 0.6) is 0 Å². The third kappa shape index (κ3) is 3.17. The van der Waals surface area contributed by atoms with Gasteiger partial charge in [-0.25, -0.2) is 4.98 Å². The third-order valence-corrected chi connectivity index (χ3v) is 6.47. The van der Waals surface area contributed by atoms with Crippen LogP contribution in [0.15, 0.2) is 54.7 Å². The summed E-state index contributed by atoms with van der Waals surface area (Å²) in [5, 5.41) is 1.10. The van der Waals surface area contributed by atoms with Crippen molar-refractivity contribution in [2.45, 2.75) is 18.8 Å². The van der Waals surface area contributed by atoms with E-state index in [1.807, 2.05) is 24.4 Å². The fourth-order valence-electron chi connectivity index (χ4n) is 4.63. The summed E-state index contributed by atoms with van der Waals surface area (Å²) in [4.78, 5) is 25.4. The quantitative estimate of drug-likeness (QED) is 0.456. The van der Waals surface area contributed by atoms with Crippen LogP contribution in [0.2, 0.25) is 0 Å². The molecule has 0 radical (unpaired) electrons. The maximum Gasteiger partial charge on any atom is 0.241 e. The van der Waals surface area contributed by atoms with Crippen LogP contribution >= 0.6 is 0 Å². The van der Waals surface area contributed by atoms with Gasteiger partial charge in [-0.15, -0.1) is 0 Å². The van der Waals surface area contributed by atoms with Gasteiger partial charge in [0.25, 0.3) is 0 Å². The number of aromatic amines is 1. The van der Waals surface area contributed by atoms with Crippen molar-refractivity contribution in [1.82, 2.24) is 29.5 Å². The van der Waals surface area contributed by atoms with Crippen molar-refractivity contribution in [3.05, 3.63) is 60.6 Å². The third-order valence-electron chi connectivity index (χ3n) is 6.47. The number of para-hydroxylation sites is 2. The molecule has 164 valence electrons. The van der Waals surface area contributed by atoms with Gasteiger partial charge in [-0.2, -0.15) is 15.0 Å². The number of benzene rings is 2. The summed E-state index contributed by atoms with van der Waals surface area (Å²) < 4.78 is 7.71. The van der Waals surface area contributed by atoms with Gasteiger partial charge in [0.05, 0.1) is 24.2 Å². The zero-order valence-electron chi connectivity index (χ0n) is 18.1. The lowest BCUT2D eigenvalue weighted by atomic mass is 10.1. The Hall–Kier alpha value is -3.78. The van der Waals surface area contributed by atoms with E-state index in [1.54, 1.807) is 0 Å². The number of hydrogen-bond donors (Lipinski definition) is 1. The Morgan fingerprint density at radius 3 is 2.58 bits per heavy atom. The Bertz CT molecular complexity index is 1480. The summed E-state index contributed by atoms with van der Waals surface area (Å²) in [6.45, 7) is 2.87. The molecule has 4 heterocycles. The van der Waals surface area contributed by atoms with E-state index >= 15 is 0 Å². The van der Waals surface area contributed by atoms with E-state index in [2.05, 4.69) is 44.8 Å². The highest BCUT2D eigenvalue weighted by Crippen LogP contribution is 2.41. The first-order chi connectivity index (χ1) is 16.3. The molecule has 5 aromatic rings. The number of nitrogens with zero attached hydrogens (tertiary/aromatic N) is 6. The number of anilines is 1. The van der Waals surface area contributed by atoms with E-state index in [0.29, 0.717) is 36.9 Å². The maximum absolute atomic E-state index is 5.57. The standard InChI is InChI=1S/C25H23N7O/c1-2-7-21-20(5-1)27-23(16-8-9-16)32(21)25-29-22(18-4-3-6-19-17(18)10-11-26-19)28-24(30-25)31-12-14-33-15-13-31/h1-7,10-11,16,26H,8-9,12-15H2. The summed E-state index contributed by atoms with van der Waals surface area (Å²) >= 11 is 0. The molecule has 1 N–H and O–H groups in total. The topological polar surface area (TPSA) is 84.8 Å². The number of imidazole rings is 1. The van der Waals surface area contributed by atoms with E-state index in [0.717, 1.165) is 59.3 Å². The highest BCUT2D eigenvalue weighted by Gasteiger charge is 2.31. The normalized spacial score (nSPS) is 16.7. The van der Waals surface area contributed by atoms with Crippen LogP contribution in [0.4, 0.5) is 5.95 Å². The number of nitrogens with one attached hydrogen (secondary N) is 1.